The van der Waals surface area contributed by atoms with Gasteiger partial charge in [0.15, 0.2) is 0 Å². The molecule has 0 aliphatic carbocycles. The predicted octanol–water partition coefficient (Wildman–Crippen LogP) is 0.911. The van der Waals surface area contributed by atoms with E-state index in [2.05, 4.69) is 6.07 Å². The summed E-state index contributed by atoms with van der Waals surface area (Å²) in [6.07, 6.45) is 0.792. The van der Waals surface area contributed by atoms with Crippen molar-refractivity contribution in [2.24, 2.45) is 14.1 Å². The number of fused-ring (bicyclic) bond motifs is 4. The number of para-hydroxylation sites is 1. The molecule has 24 heavy (non-hydrogen) atoms. The number of aromatic nitrogens is 2. The largest absolute Gasteiger partial charge is 0.492 e. The van der Waals surface area contributed by atoms with Crippen LogP contribution in [0.25, 0.3) is 0 Å². The van der Waals surface area contributed by atoms with Crippen LogP contribution in [0.15, 0.2) is 27.8 Å². The van der Waals surface area contributed by atoms with Crippen molar-refractivity contribution in [1.82, 2.24) is 9.13 Å². The van der Waals surface area contributed by atoms with Crippen LogP contribution < -0.4 is 20.9 Å². The second-order valence-corrected chi connectivity index (χ2v) is 6.90. The molecule has 6 nitrogen and oxygen atoms in total. The van der Waals surface area contributed by atoms with Gasteiger partial charge < -0.3 is 9.64 Å². The first-order valence-electron chi connectivity index (χ1n) is 8.13. The van der Waals surface area contributed by atoms with Gasteiger partial charge in [0.05, 0.1) is 11.0 Å². The van der Waals surface area contributed by atoms with Gasteiger partial charge in [0, 0.05) is 33.3 Å². The van der Waals surface area contributed by atoms with E-state index in [-0.39, 0.29) is 11.2 Å². The van der Waals surface area contributed by atoms with Gasteiger partial charge in [0.1, 0.15) is 18.2 Å². The predicted molar refractivity (Wildman–Crippen MR) is 92.3 cm³/mol. The lowest BCUT2D eigenvalue weighted by atomic mass is 9.71. The third-order valence-corrected chi connectivity index (χ3v) is 5.54. The zero-order valence-electron chi connectivity index (χ0n) is 14.4. The molecule has 0 saturated heterocycles. The lowest BCUT2D eigenvalue weighted by molar-refractivity contribution is 0.274. The maximum Gasteiger partial charge on any atom is 0.332 e. The normalized spacial score (nSPS) is 21.6. The third kappa shape index (κ3) is 1.66. The van der Waals surface area contributed by atoms with Crippen molar-refractivity contribution in [3.8, 4) is 5.75 Å². The van der Waals surface area contributed by atoms with Crippen LogP contribution in [0, 0.1) is 6.92 Å². The van der Waals surface area contributed by atoms with Crippen LogP contribution >= 0.6 is 0 Å². The van der Waals surface area contributed by atoms with E-state index in [1.54, 1.807) is 18.7 Å². The molecular formula is C18H21N3O3. The van der Waals surface area contributed by atoms with Gasteiger partial charge in [-0.3, -0.25) is 13.9 Å². The molecule has 4 rings (SSSR count). The summed E-state index contributed by atoms with van der Waals surface area (Å²) in [6, 6.07) is 6.08. The van der Waals surface area contributed by atoms with Crippen LogP contribution in [0.4, 0.5) is 5.82 Å². The molecule has 2 aliphatic heterocycles. The van der Waals surface area contributed by atoms with Gasteiger partial charge in [-0.1, -0.05) is 18.2 Å². The number of anilines is 1. The van der Waals surface area contributed by atoms with E-state index >= 15 is 0 Å². The number of hydrogen-bond acceptors (Lipinski definition) is 4. The zero-order chi connectivity index (χ0) is 17.2. The Labute approximate surface area is 139 Å². The minimum Gasteiger partial charge on any atom is -0.492 e. The van der Waals surface area contributed by atoms with Crippen LogP contribution in [0.5, 0.6) is 5.75 Å². The molecule has 1 aromatic carbocycles. The van der Waals surface area contributed by atoms with Crippen molar-refractivity contribution in [1.29, 1.82) is 0 Å². The summed E-state index contributed by atoms with van der Waals surface area (Å²) in [7, 11) is 5.20. The summed E-state index contributed by atoms with van der Waals surface area (Å²) in [4.78, 5) is 27.4. The molecule has 1 spiro atoms. The number of nitrogens with zero attached hydrogens (tertiary/aromatic N) is 3. The van der Waals surface area contributed by atoms with Crippen molar-refractivity contribution < 1.29 is 4.74 Å². The summed E-state index contributed by atoms with van der Waals surface area (Å²) in [5.74, 6) is 1.58. The fraction of sp³-hybridized carbons (Fsp3) is 0.444. The van der Waals surface area contributed by atoms with Crippen molar-refractivity contribution in [2.45, 2.75) is 18.8 Å². The van der Waals surface area contributed by atoms with E-state index in [9.17, 15) is 9.59 Å². The molecule has 0 saturated carbocycles. The van der Waals surface area contributed by atoms with Gasteiger partial charge in [-0.15, -0.1) is 0 Å². The monoisotopic (exact) mass is 327 g/mol. The van der Waals surface area contributed by atoms with Gasteiger partial charge in [0.2, 0.25) is 0 Å². The van der Waals surface area contributed by atoms with Crippen LogP contribution in [0.3, 0.4) is 0 Å². The number of benzene rings is 1. The first-order chi connectivity index (χ1) is 11.4. The molecule has 0 bridgehead atoms. The SMILES string of the molecule is Cc1cccc2c1OCC21CCN(C)c2c1c(=O)n(C)c(=O)n2C. The molecule has 6 heteroatoms. The van der Waals surface area contributed by atoms with Crippen LogP contribution in [-0.2, 0) is 19.5 Å². The topological polar surface area (TPSA) is 56.5 Å². The number of aryl methyl sites for hydroxylation is 1. The lowest BCUT2D eigenvalue weighted by Crippen LogP contribution is -2.52. The van der Waals surface area contributed by atoms with E-state index in [0.29, 0.717) is 18.0 Å². The van der Waals surface area contributed by atoms with E-state index < -0.39 is 5.41 Å². The third-order valence-electron chi connectivity index (χ3n) is 5.54. The first-order valence-corrected chi connectivity index (χ1v) is 8.13. The second-order valence-electron chi connectivity index (χ2n) is 6.90. The average Bonchev–Trinajstić information content (AvgIpc) is 2.94. The molecule has 2 aromatic rings. The Hall–Kier alpha value is -2.50. The summed E-state index contributed by atoms with van der Waals surface area (Å²) in [5, 5.41) is 0. The Morgan fingerprint density at radius 1 is 1.12 bits per heavy atom. The minimum atomic E-state index is -0.483. The van der Waals surface area contributed by atoms with Gasteiger partial charge in [-0.25, -0.2) is 4.79 Å². The highest BCUT2D eigenvalue weighted by molar-refractivity contribution is 5.62. The highest BCUT2D eigenvalue weighted by Crippen LogP contribution is 2.50. The summed E-state index contributed by atoms with van der Waals surface area (Å²) >= 11 is 0. The minimum absolute atomic E-state index is 0.224. The number of ether oxygens (including phenoxy) is 1. The average molecular weight is 327 g/mol. The summed E-state index contributed by atoms with van der Waals surface area (Å²) in [6.45, 7) is 3.23. The van der Waals surface area contributed by atoms with Gasteiger partial charge in [0.25, 0.3) is 5.56 Å². The number of hydrogen-bond donors (Lipinski definition) is 0. The smallest absolute Gasteiger partial charge is 0.332 e. The van der Waals surface area contributed by atoms with Crippen molar-refractivity contribution in [3.63, 3.8) is 0 Å². The van der Waals surface area contributed by atoms with E-state index in [1.165, 1.54) is 4.57 Å². The molecule has 1 atom stereocenters. The lowest BCUT2D eigenvalue weighted by Gasteiger charge is -2.39. The molecule has 1 unspecified atom stereocenters. The molecule has 2 aliphatic rings. The van der Waals surface area contributed by atoms with Crippen LogP contribution in [0.1, 0.15) is 23.1 Å². The fourth-order valence-electron chi connectivity index (χ4n) is 4.20. The molecule has 126 valence electrons. The first kappa shape index (κ1) is 15.1. The van der Waals surface area contributed by atoms with E-state index in [1.807, 2.05) is 31.0 Å². The maximum atomic E-state index is 13.1. The number of rotatable bonds is 0. The Morgan fingerprint density at radius 2 is 1.88 bits per heavy atom. The van der Waals surface area contributed by atoms with Crippen molar-refractivity contribution >= 4 is 5.82 Å². The molecule has 0 amide bonds. The van der Waals surface area contributed by atoms with E-state index in [4.69, 9.17) is 4.74 Å². The molecule has 0 radical (unpaired) electrons. The standard InChI is InChI=1S/C18H21N3O3/c1-11-6-5-7-12-14(11)24-10-18(12)8-9-19(2)15-13(18)16(22)21(4)17(23)20(15)3/h5-7H,8-10H2,1-4H3. The summed E-state index contributed by atoms with van der Waals surface area (Å²) in [5.41, 5.74) is 1.80. The Bertz CT molecular complexity index is 973. The van der Waals surface area contributed by atoms with Crippen LogP contribution in [0.2, 0.25) is 0 Å². The van der Waals surface area contributed by atoms with Gasteiger partial charge in [-0.2, -0.15) is 0 Å². The quantitative estimate of drug-likeness (QED) is 0.722. The van der Waals surface area contributed by atoms with E-state index in [0.717, 1.165) is 29.8 Å². The fourth-order valence-corrected chi connectivity index (χ4v) is 4.20. The molecule has 0 N–H and O–H groups in total. The zero-order valence-corrected chi connectivity index (χ0v) is 14.4. The highest BCUT2D eigenvalue weighted by Gasteiger charge is 2.49. The molecule has 0 fully saturated rings. The Morgan fingerprint density at radius 3 is 2.62 bits per heavy atom. The Kier molecular flexibility index (Phi) is 2.98. The molecule has 1 aromatic heterocycles. The summed E-state index contributed by atoms with van der Waals surface area (Å²) < 4.78 is 8.80. The van der Waals surface area contributed by atoms with Crippen LogP contribution in [-0.4, -0.2) is 29.3 Å². The van der Waals surface area contributed by atoms with Crippen molar-refractivity contribution in [3.05, 3.63) is 55.7 Å². The molecule has 3 heterocycles. The Balaban J connectivity index is 2.13. The molecular weight excluding hydrogens is 306 g/mol. The maximum absolute atomic E-state index is 13.1. The van der Waals surface area contributed by atoms with Gasteiger partial charge >= 0.3 is 5.69 Å². The highest BCUT2D eigenvalue weighted by atomic mass is 16.5. The second kappa shape index (κ2) is 4.75. The van der Waals surface area contributed by atoms with Gasteiger partial charge in [-0.05, 0) is 18.9 Å². The van der Waals surface area contributed by atoms with Crippen molar-refractivity contribution in [2.75, 3.05) is 25.1 Å².